The van der Waals surface area contributed by atoms with E-state index in [1.165, 1.54) is 5.57 Å². The molecule has 2 rings (SSSR count). The van der Waals surface area contributed by atoms with E-state index in [1.54, 1.807) is 30.9 Å². The minimum absolute atomic E-state index is 0.237. The summed E-state index contributed by atoms with van der Waals surface area (Å²) in [4.78, 5) is 11.7. The van der Waals surface area contributed by atoms with Gasteiger partial charge in [0.05, 0.1) is 18.8 Å². The Balaban J connectivity index is 1.71. The second-order valence-corrected chi connectivity index (χ2v) is 6.09. The Labute approximate surface area is 142 Å². The third-order valence-electron chi connectivity index (χ3n) is 3.59. The lowest BCUT2D eigenvalue weighted by molar-refractivity contribution is -0.139. The van der Waals surface area contributed by atoms with E-state index >= 15 is 0 Å². The summed E-state index contributed by atoms with van der Waals surface area (Å²) in [6.07, 6.45) is 11.2. The lowest BCUT2D eigenvalue weighted by atomic mass is 10.1. The fourth-order valence-electron chi connectivity index (χ4n) is 2.32. The molecule has 2 aromatic rings. The summed E-state index contributed by atoms with van der Waals surface area (Å²) >= 11 is 0. The van der Waals surface area contributed by atoms with Gasteiger partial charge < -0.3 is 13.6 Å². The number of carbonyl (C=O) groups excluding carboxylic acids is 1. The van der Waals surface area contributed by atoms with E-state index in [9.17, 15) is 4.79 Å². The van der Waals surface area contributed by atoms with E-state index in [1.807, 2.05) is 13.8 Å². The van der Waals surface area contributed by atoms with Crippen LogP contribution < -0.4 is 0 Å². The zero-order chi connectivity index (χ0) is 17.4. The Kier molecular flexibility index (Phi) is 6.67. The van der Waals surface area contributed by atoms with E-state index in [4.69, 9.17) is 13.6 Å². The maximum atomic E-state index is 11.7. The summed E-state index contributed by atoms with van der Waals surface area (Å²) < 4.78 is 15.5. The van der Waals surface area contributed by atoms with Crippen molar-refractivity contribution in [1.82, 2.24) is 0 Å². The molecule has 2 aromatic heterocycles. The monoisotopic (exact) mass is 328 g/mol. The van der Waals surface area contributed by atoms with Crippen LogP contribution in [0.5, 0.6) is 0 Å². The van der Waals surface area contributed by atoms with Gasteiger partial charge in [0.15, 0.2) is 0 Å². The minimum atomic E-state index is -0.319. The molecule has 0 aliphatic carbocycles. The molecule has 4 heteroatoms. The maximum absolute atomic E-state index is 11.7. The Morgan fingerprint density at radius 1 is 1.25 bits per heavy atom. The molecule has 0 N–H and O–H groups in total. The molecular formula is C20H24O4. The quantitative estimate of drug-likeness (QED) is 0.382. The molecule has 0 spiro atoms. The molecule has 0 aliphatic rings. The first-order valence-corrected chi connectivity index (χ1v) is 8.07. The Morgan fingerprint density at radius 2 is 2.08 bits per heavy atom. The maximum Gasteiger partial charge on any atom is 0.331 e. The summed E-state index contributed by atoms with van der Waals surface area (Å²) in [5.41, 5.74) is 4.26. The number of ether oxygens (including phenoxy) is 1. The fourth-order valence-corrected chi connectivity index (χ4v) is 2.32. The van der Waals surface area contributed by atoms with Crippen molar-refractivity contribution in [3.05, 3.63) is 71.1 Å². The van der Waals surface area contributed by atoms with Crippen molar-refractivity contribution in [3.8, 4) is 0 Å². The number of carbonyl (C=O) groups is 1. The standard InChI is InChI=1S/C20H24O4/c1-15(9-19-10-17(3)12-23-19)5-4-6-16(2)11-20(21)24-14-18-7-8-22-13-18/h5,7-8,10-13H,4,6,9,14H2,1-3H3. The lowest BCUT2D eigenvalue weighted by Gasteiger charge is -2.02. The molecule has 0 saturated heterocycles. The molecule has 128 valence electrons. The second kappa shape index (κ2) is 8.96. The molecule has 0 fully saturated rings. The van der Waals surface area contributed by atoms with Gasteiger partial charge in [-0.2, -0.15) is 0 Å². The predicted octanol–water partition coefficient (Wildman–Crippen LogP) is 5.14. The first-order chi connectivity index (χ1) is 11.5. The Hall–Kier alpha value is -2.49. The molecule has 0 radical (unpaired) electrons. The molecular weight excluding hydrogens is 304 g/mol. The molecule has 4 nitrogen and oxygen atoms in total. The van der Waals surface area contributed by atoms with Crippen molar-refractivity contribution in [3.63, 3.8) is 0 Å². The van der Waals surface area contributed by atoms with E-state index < -0.39 is 0 Å². The number of hydrogen-bond donors (Lipinski definition) is 0. The second-order valence-electron chi connectivity index (χ2n) is 6.09. The molecule has 2 heterocycles. The topological polar surface area (TPSA) is 52.6 Å². The van der Waals surface area contributed by atoms with Gasteiger partial charge in [0.1, 0.15) is 12.4 Å². The van der Waals surface area contributed by atoms with Crippen molar-refractivity contribution in [2.24, 2.45) is 0 Å². The van der Waals surface area contributed by atoms with Gasteiger partial charge in [-0.05, 0) is 51.3 Å². The highest BCUT2D eigenvalue weighted by atomic mass is 16.5. The minimum Gasteiger partial charge on any atom is -0.472 e. The van der Waals surface area contributed by atoms with Gasteiger partial charge >= 0.3 is 5.97 Å². The number of furan rings is 2. The zero-order valence-corrected chi connectivity index (χ0v) is 14.5. The Morgan fingerprint density at radius 3 is 2.75 bits per heavy atom. The summed E-state index contributed by atoms with van der Waals surface area (Å²) in [6.45, 7) is 6.29. The van der Waals surface area contributed by atoms with Crippen molar-refractivity contribution < 1.29 is 18.4 Å². The first-order valence-electron chi connectivity index (χ1n) is 8.07. The lowest BCUT2D eigenvalue weighted by Crippen LogP contribution is -2.01. The number of aryl methyl sites for hydroxylation is 1. The van der Waals surface area contributed by atoms with Crippen molar-refractivity contribution in [2.75, 3.05) is 0 Å². The van der Waals surface area contributed by atoms with Crippen molar-refractivity contribution in [2.45, 2.75) is 46.6 Å². The van der Waals surface area contributed by atoms with Gasteiger partial charge in [0.25, 0.3) is 0 Å². The summed E-state index contributed by atoms with van der Waals surface area (Å²) in [7, 11) is 0. The van der Waals surface area contributed by atoms with Gasteiger partial charge in [-0.3, -0.25) is 0 Å². The highest BCUT2D eigenvalue weighted by Crippen LogP contribution is 2.14. The SMILES string of the molecule is CC(=CC(=O)OCc1ccoc1)CCC=C(C)Cc1cc(C)co1. The van der Waals surface area contributed by atoms with Crippen molar-refractivity contribution in [1.29, 1.82) is 0 Å². The van der Waals surface area contributed by atoms with Crippen LogP contribution in [0.15, 0.2) is 63.1 Å². The average molecular weight is 328 g/mol. The Bertz CT molecular complexity index is 702. The molecule has 0 aromatic carbocycles. The number of hydrogen-bond acceptors (Lipinski definition) is 4. The number of rotatable bonds is 8. The van der Waals surface area contributed by atoms with Crippen LogP contribution in [0.1, 0.15) is 43.6 Å². The highest BCUT2D eigenvalue weighted by molar-refractivity contribution is 5.82. The number of allylic oxidation sites excluding steroid dienone is 3. The third-order valence-corrected chi connectivity index (χ3v) is 3.59. The molecule has 0 unspecified atom stereocenters. The average Bonchev–Trinajstić information content (AvgIpc) is 3.17. The molecule has 0 saturated carbocycles. The van der Waals surface area contributed by atoms with Crippen LogP contribution in [0.3, 0.4) is 0 Å². The van der Waals surface area contributed by atoms with Crippen LogP contribution in [0.25, 0.3) is 0 Å². The molecule has 0 aliphatic heterocycles. The third kappa shape index (κ3) is 6.32. The largest absolute Gasteiger partial charge is 0.472 e. The van der Waals surface area contributed by atoms with Gasteiger partial charge in [0.2, 0.25) is 0 Å². The van der Waals surface area contributed by atoms with E-state index in [0.717, 1.165) is 41.7 Å². The first kappa shape index (κ1) is 17.9. The van der Waals surface area contributed by atoms with Crippen LogP contribution in [0, 0.1) is 6.92 Å². The number of esters is 1. The van der Waals surface area contributed by atoms with Gasteiger partial charge in [0, 0.05) is 18.1 Å². The van der Waals surface area contributed by atoms with E-state index in [0.29, 0.717) is 0 Å². The normalized spacial score (nSPS) is 12.5. The van der Waals surface area contributed by atoms with E-state index in [-0.39, 0.29) is 12.6 Å². The van der Waals surface area contributed by atoms with Crippen molar-refractivity contribution >= 4 is 5.97 Å². The predicted molar refractivity (Wildman–Crippen MR) is 92.4 cm³/mol. The molecule has 0 bridgehead atoms. The molecule has 0 atom stereocenters. The van der Waals surface area contributed by atoms with Gasteiger partial charge in [-0.1, -0.05) is 17.2 Å². The summed E-state index contributed by atoms with van der Waals surface area (Å²) in [6, 6.07) is 3.83. The highest BCUT2D eigenvalue weighted by Gasteiger charge is 2.03. The van der Waals surface area contributed by atoms with E-state index in [2.05, 4.69) is 19.1 Å². The van der Waals surface area contributed by atoms with Gasteiger partial charge in [-0.15, -0.1) is 0 Å². The van der Waals surface area contributed by atoms with Crippen LogP contribution in [0.4, 0.5) is 0 Å². The van der Waals surface area contributed by atoms with Crippen LogP contribution in [-0.4, -0.2) is 5.97 Å². The van der Waals surface area contributed by atoms with Crippen LogP contribution in [0.2, 0.25) is 0 Å². The van der Waals surface area contributed by atoms with Crippen LogP contribution in [-0.2, 0) is 22.6 Å². The smallest absolute Gasteiger partial charge is 0.331 e. The molecule has 0 amide bonds. The van der Waals surface area contributed by atoms with Gasteiger partial charge in [-0.25, -0.2) is 4.79 Å². The summed E-state index contributed by atoms with van der Waals surface area (Å²) in [5.74, 6) is 0.664. The van der Waals surface area contributed by atoms with Crippen LogP contribution >= 0.6 is 0 Å². The summed E-state index contributed by atoms with van der Waals surface area (Å²) in [5, 5.41) is 0. The zero-order valence-electron chi connectivity index (χ0n) is 14.5. The fraction of sp³-hybridized carbons (Fsp3) is 0.350. The molecule has 24 heavy (non-hydrogen) atoms.